The largest absolute Gasteiger partial charge is 0.497 e. The van der Waals surface area contributed by atoms with Gasteiger partial charge in [0.1, 0.15) is 18.1 Å². The number of rotatable bonds is 8. The second kappa shape index (κ2) is 9.42. The highest BCUT2D eigenvalue weighted by Gasteiger charge is 2.02. The van der Waals surface area contributed by atoms with Gasteiger partial charge >= 0.3 is 0 Å². The van der Waals surface area contributed by atoms with Crippen LogP contribution in [0.25, 0.3) is 0 Å². The highest BCUT2D eigenvalue weighted by atomic mass is 16.5. The van der Waals surface area contributed by atoms with E-state index in [1.54, 1.807) is 14.2 Å². The van der Waals surface area contributed by atoms with E-state index in [0.717, 1.165) is 22.7 Å². The van der Waals surface area contributed by atoms with Gasteiger partial charge in [-0.25, -0.2) is 4.99 Å². The van der Waals surface area contributed by atoms with Crippen molar-refractivity contribution in [1.82, 2.24) is 0 Å². The molecule has 2 aromatic rings. The first-order valence-electron chi connectivity index (χ1n) is 7.63. The zero-order valence-electron chi connectivity index (χ0n) is 14.0. The van der Waals surface area contributed by atoms with Crippen LogP contribution in [0.4, 0.5) is 5.69 Å². The highest BCUT2D eigenvalue weighted by Crippen LogP contribution is 2.17. The molecule has 6 nitrogen and oxygen atoms in total. The second-order valence-electron chi connectivity index (χ2n) is 5.01. The lowest BCUT2D eigenvalue weighted by atomic mass is 10.2. The third-order valence-corrected chi connectivity index (χ3v) is 3.28. The van der Waals surface area contributed by atoms with E-state index in [4.69, 9.17) is 19.9 Å². The van der Waals surface area contributed by atoms with Gasteiger partial charge in [-0.1, -0.05) is 18.2 Å². The molecular weight excluding hydrogens is 306 g/mol. The quantitative estimate of drug-likeness (QED) is 0.442. The lowest BCUT2D eigenvalue weighted by Crippen LogP contribution is -2.24. The van der Waals surface area contributed by atoms with Crippen LogP contribution in [0.15, 0.2) is 53.5 Å². The van der Waals surface area contributed by atoms with Crippen molar-refractivity contribution < 1.29 is 14.2 Å². The van der Waals surface area contributed by atoms with E-state index >= 15 is 0 Å². The SMILES string of the molecule is COCc1ccccc1NC(N)=NCCOc1ccc(OC)cc1. The van der Waals surface area contributed by atoms with Gasteiger partial charge in [0.25, 0.3) is 0 Å². The summed E-state index contributed by atoms with van der Waals surface area (Å²) < 4.78 is 15.9. The van der Waals surface area contributed by atoms with Crippen molar-refractivity contribution in [2.75, 3.05) is 32.7 Å². The molecule has 0 unspecified atom stereocenters. The van der Waals surface area contributed by atoms with Crippen LogP contribution < -0.4 is 20.5 Å². The Labute approximate surface area is 142 Å². The van der Waals surface area contributed by atoms with E-state index in [0.29, 0.717) is 25.7 Å². The maximum absolute atomic E-state index is 5.91. The number of benzene rings is 2. The topological polar surface area (TPSA) is 78.1 Å². The minimum atomic E-state index is 0.344. The summed E-state index contributed by atoms with van der Waals surface area (Å²) in [6.07, 6.45) is 0. The lowest BCUT2D eigenvalue weighted by Gasteiger charge is -2.11. The van der Waals surface area contributed by atoms with Crippen molar-refractivity contribution in [2.45, 2.75) is 6.61 Å². The molecule has 3 N–H and O–H groups in total. The van der Waals surface area contributed by atoms with E-state index in [9.17, 15) is 0 Å². The van der Waals surface area contributed by atoms with Crippen LogP contribution in [0.1, 0.15) is 5.56 Å². The van der Waals surface area contributed by atoms with E-state index < -0.39 is 0 Å². The Bertz CT molecular complexity index is 657. The summed E-state index contributed by atoms with van der Waals surface area (Å²) in [6, 6.07) is 15.2. The van der Waals surface area contributed by atoms with Crippen molar-refractivity contribution in [3.63, 3.8) is 0 Å². The van der Waals surface area contributed by atoms with Crippen LogP contribution in [0.5, 0.6) is 11.5 Å². The standard InChI is InChI=1S/C18H23N3O3/c1-22-13-14-5-3-4-6-17(14)21-18(19)20-11-12-24-16-9-7-15(23-2)8-10-16/h3-10H,11-13H2,1-2H3,(H3,19,20,21). The third-order valence-electron chi connectivity index (χ3n) is 3.28. The van der Waals surface area contributed by atoms with E-state index in [2.05, 4.69) is 10.3 Å². The predicted octanol–water partition coefficient (Wildman–Crippen LogP) is 2.65. The van der Waals surface area contributed by atoms with Gasteiger partial charge in [0.2, 0.25) is 0 Å². The minimum absolute atomic E-state index is 0.344. The summed E-state index contributed by atoms with van der Waals surface area (Å²) in [7, 11) is 3.29. The molecule has 2 rings (SSSR count). The molecule has 0 spiro atoms. The maximum atomic E-state index is 5.91. The van der Waals surface area contributed by atoms with Crippen LogP contribution in [0, 0.1) is 0 Å². The Hall–Kier alpha value is -2.73. The molecule has 0 radical (unpaired) electrons. The Balaban J connectivity index is 1.81. The zero-order valence-corrected chi connectivity index (χ0v) is 14.0. The molecule has 0 amide bonds. The monoisotopic (exact) mass is 329 g/mol. The van der Waals surface area contributed by atoms with Crippen molar-refractivity contribution in [2.24, 2.45) is 10.7 Å². The average molecular weight is 329 g/mol. The van der Waals surface area contributed by atoms with Crippen LogP contribution in [0.3, 0.4) is 0 Å². The number of ether oxygens (including phenoxy) is 3. The molecule has 2 aromatic carbocycles. The predicted molar refractivity (Wildman–Crippen MR) is 95.8 cm³/mol. The van der Waals surface area contributed by atoms with Gasteiger partial charge in [0.05, 0.1) is 20.3 Å². The molecule has 0 saturated heterocycles. The van der Waals surface area contributed by atoms with E-state index in [-0.39, 0.29) is 0 Å². The molecule has 0 saturated carbocycles. The minimum Gasteiger partial charge on any atom is -0.497 e. The first kappa shape index (κ1) is 17.6. The first-order valence-corrected chi connectivity index (χ1v) is 7.63. The fourth-order valence-electron chi connectivity index (χ4n) is 2.10. The summed E-state index contributed by atoms with van der Waals surface area (Å²) >= 11 is 0. The number of anilines is 1. The molecule has 0 bridgehead atoms. The number of nitrogens with zero attached hydrogens (tertiary/aromatic N) is 1. The summed E-state index contributed by atoms with van der Waals surface area (Å²) in [4.78, 5) is 4.26. The fourth-order valence-corrected chi connectivity index (χ4v) is 2.10. The van der Waals surface area contributed by atoms with Crippen molar-refractivity contribution >= 4 is 11.6 Å². The Morgan fingerprint density at radius 3 is 2.46 bits per heavy atom. The average Bonchev–Trinajstić information content (AvgIpc) is 2.61. The Morgan fingerprint density at radius 1 is 1.04 bits per heavy atom. The lowest BCUT2D eigenvalue weighted by molar-refractivity contribution is 0.185. The van der Waals surface area contributed by atoms with Gasteiger partial charge in [-0.3, -0.25) is 0 Å². The summed E-state index contributed by atoms with van der Waals surface area (Å²) in [5.41, 5.74) is 7.82. The number of nitrogens with one attached hydrogen (secondary N) is 1. The molecule has 0 aromatic heterocycles. The normalized spacial score (nSPS) is 11.2. The van der Waals surface area contributed by atoms with Gasteiger partial charge in [-0.2, -0.15) is 0 Å². The molecule has 0 aliphatic rings. The number of hydrogen-bond acceptors (Lipinski definition) is 4. The number of hydrogen-bond donors (Lipinski definition) is 2. The van der Waals surface area contributed by atoms with Crippen molar-refractivity contribution in [3.05, 3.63) is 54.1 Å². The van der Waals surface area contributed by atoms with Gasteiger partial charge in [0.15, 0.2) is 5.96 Å². The number of nitrogens with two attached hydrogens (primary N) is 1. The summed E-state index contributed by atoms with van der Waals surface area (Å²) in [5.74, 6) is 1.91. The van der Waals surface area contributed by atoms with Crippen LogP contribution >= 0.6 is 0 Å². The van der Waals surface area contributed by atoms with Crippen LogP contribution in [0.2, 0.25) is 0 Å². The molecule has 0 aliphatic heterocycles. The van der Waals surface area contributed by atoms with Crippen LogP contribution in [-0.4, -0.2) is 33.3 Å². The molecule has 0 atom stereocenters. The summed E-state index contributed by atoms with van der Waals surface area (Å²) in [6.45, 7) is 1.41. The molecular formula is C18H23N3O3. The molecule has 24 heavy (non-hydrogen) atoms. The summed E-state index contributed by atoms with van der Waals surface area (Å²) in [5, 5.41) is 3.08. The molecule has 128 valence electrons. The second-order valence-corrected chi connectivity index (χ2v) is 5.01. The van der Waals surface area contributed by atoms with E-state index in [1.807, 2.05) is 48.5 Å². The van der Waals surface area contributed by atoms with Crippen LogP contribution in [-0.2, 0) is 11.3 Å². The van der Waals surface area contributed by atoms with Crippen molar-refractivity contribution in [3.8, 4) is 11.5 Å². The molecule has 0 fully saturated rings. The first-order chi connectivity index (χ1) is 11.7. The van der Waals surface area contributed by atoms with E-state index in [1.165, 1.54) is 0 Å². The molecule has 0 heterocycles. The highest BCUT2D eigenvalue weighted by molar-refractivity contribution is 5.92. The number of aliphatic imine (C=N–C) groups is 1. The number of para-hydroxylation sites is 1. The zero-order chi connectivity index (χ0) is 17.2. The number of methoxy groups -OCH3 is 2. The van der Waals surface area contributed by atoms with Gasteiger partial charge < -0.3 is 25.3 Å². The van der Waals surface area contributed by atoms with Gasteiger partial charge in [0, 0.05) is 18.4 Å². The Kier molecular flexibility index (Phi) is 6.91. The Morgan fingerprint density at radius 2 is 1.75 bits per heavy atom. The third kappa shape index (κ3) is 5.48. The van der Waals surface area contributed by atoms with Crippen molar-refractivity contribution in [1.29, 1.82) is 0 Å². The number of guanidine groups is 1. The van der Waals surface area contributed by atoms with Gasteiger partial charge in [-0.15, -0.1) is 0 Å². The van der Waals surface area contributed by atoms with Gasteiger partial charge in [-0.05, 0) is 30.3 Å². The molecule has 6 heteroatoms. The smallest absolute Gasteiger partial charge is 0.193 e. The maximum Gasteiger partial charge on any atom is 0.193 e. The fraction of sp³-hybridized carbons (Fsp3) is 0.278. The molecule has 0 aliphatic carbocycles.